The van der Waals surface area contributed by atoms with Crippen molar-refractivity contribution in [3.8, 4) is 0 Å². The minimum atomic E-state index is -0.279. The summed E-state index contributed by atoms with van der Waals surface area (Å²) in [7, 11) is 0. The summed E-state index contributed by atoms with van der Waals surface area (Å²) < 4.78 is 12.9. The van der Waals surface area contributed by atoms with Crippen LogP contribution in [0.1, 0.15) is 18.5 Å². The molecule has 1 heterocycles. The summed E-state index contributed by atoms with van der Waals surface area (Å²) in [5.74, 6) is 5.81. The number of rotatable bonds is 4. The Morgan fingerprint density at radius 1 is 1.15 bits per heavy atom. The number of anilines is 2. The van der Waals surface area contributed by atoms with Gasteiger partial charge in [-0.1, -0.05) is 35.3 Å². The van der Waals surface area contributed by atoms with E-state index in [2.05, 4.69) is 15.7 Å². The van der Waals surface area contributed by atoms with Crippen molar-refractivity contribution < 1.29 is 4.39 Å². The first-order valence-corrected chi connectivity index (χ1v) is 6.61. The lowest BCUT2D eigenvalue weighted by Crippen LogP contribution is -2.13. The van der Waals surface area contributed by atoms with Crippen molar-refractivity contribution in [2.75, 3.05) is 10.7 Å². The molecule has 0 spiro atoms. The van der Waals surface area contributed by atoms with Gasteiger partial charge in [0, 0.05) is 6.04 Å². The number of aromatic nitrogens is 1. The highest BCUT2D eigenvalue weighted by molar-refractivity contribution is 6.37. The Kier molecular flexibility index (Phi) is 4.65. The van der Waals surface area contributed by atoms with Crippen molar-refractivity contribution in [3.05, 3.63) is 51.8 Å². The molecule has 4 nitrogen and oxygen atoms in total. The Hall–Kier alpha value is -1.56. The van der Waals surface area contributed by atoms with Crippen molar-refractivity contribution in [1.29, 1.82) is 0 Å². The van der Waals surface area contributed by atoms with Crippen molar-refractivity contribution in [2.24, 2.45) is 5.84 Å². The van der Waals surface area contributed by atoms with Gasteiger partial charge in [0.25, 0.3) is 0 Å². The molecule has 20 heavy (non-hydrogen) atoms. The van der Waals surface area contributed by atoms with Gasteiger partial charge in [-0.25, -0.2) is 15.2 Å². The van der Waals surface area contributed by atoms with Gasteiger partial charge >= 0.3 is 0 Å². The van der Waals surface area contributed by atoms with Crippen LogP contribution in [0.15, 0.2) is 30.3 Å². The standard InChI is InChI=1S/C13H13Cl2FN4/c1-7(8-2-4-9(16)5-3-8)18-12-10(14)6-11(15)13(19-12)20-17/h2-7H,17H2,1H3,(H2,18,19,20). The van der Waals surface area contributed by atoms with E-state index in [0.717, 1.165) is 5.56 Å². The fourth-order valence-corrected chi connectivity index (χ4v) is 2.18. The molecule has 4 N–H and O–H groups in total. The third kappa shape index (κ3) is 3.30. The van der Waals surface area contributed by atoms with Crippen LogP contribution in [0.3, 0.4) is 0 Å². The van der Waals surface area contributed by atoms with Crippen LogP contribution in [0.2, 0.25) is 10.0 Å². The monoisotopic (exact) mass is 314 g/mol. The maximum Gasteiger partial charge on any atom is 0.161 e. The molecule has 7 heteroatoms. The maximum atomic E-state index is 12.9. The topological polar surface area (TPSA) is 63.0 Å². The second-order valence-electron chi connectivity index (χ2n) is 4.21. The predicted molar refractivity (Wildman–Crippen MR) is 80.5 cm³/mol. The maximum absolute atomic E-state index is 12.9. The zero-order valence-electron chi connectivity index (χ0n) is 10.6. The van der Waals surface area contributed by atoms with Crippen LogP contribution in [0, 0.1) is 5.82 Å². The largest absolute Gasteiger partial charge is 0.362 e. The fraction of sp³-hybridized carbons (Fsp3) is 0.154. The number of nitrogens with one attached hydrogen (secondary N) is 2. The summed E-state index contributed by atoms with van der Waals surface area (Å²) in [4.78, 5) is 4.19. The van der Waals surface area contributed by atoms with Crippen LogP contribution in [-0.4, -0.2) is 4.98 Å². The summed E-state index contributed by atoms with van der Waals surface area (Å²) in [6.07, 6.45) is 0. The Morgan fingerprint density at radius 3 is 2.35 bits per heavy atom. The van der Waals surface area contributed by atoms with Gasteiger partial charge < -0.3 is 10.7 Å². The van der Waals surface area contributed by atoms with E-state index in [0.29, 0.717) is 21.7 Å². The first-order valence-electron chi connectivity index (χ1n) is 5.86. The Balaban J connectivity index is 2.23. The van der Waals surface area contributed by atoms with Gasteiger partial charge in [0.1, 0.15) is 11.6 Å². The summed E-state index contributed by atoms with van der Waals surface area (Å²) in [6.45, 7) is 1.91. The predicted octanol–water partition coefficient (Wildman–Crippen LogP) is 3.99. The lowest BCUT2D eigenvalue weighted by molar-refractivity contribution is 0.626. The van der Waals surface area contributed by atoms with Crippen molar-refractivity contribution >= 4 is 34.8 Å². The number of hydrazine groups is 1. The van der Waals surface area contributed by atoms with Crippen molar-refractivity contribution in [1.82, 2.24) is 4.98 Å². The highest BCUT2D eigenvalue weighted by atomic mass is 35.5. The molecule has 0 fully saturated rings. The zero-order valence-corrected chi connectivity index (χ0v) is 12.1. The molecule has 0 aliphatic heterocycles. The number of halogens is 3. The van der Waals surface area contributed by atoms with Crippen LogP contribution >= 0.6 is 23.2 Å². The quantitative estimate of drug-likeness (QED) is 0.590. The van der Waals surface area contributed by atoms with E-state index in [1.807, 2.05) is 6.92 Å². The number of nitrogens with zero attached hydrogens (tertiary/aromatic N) is 1. The molecule has 2 rings (SSSR count). The minimum absolute atomic E-state index is 0.104. The number of nitrogens with two attached hydrogens (primary N) is 1. The third-order valence-electron chi connectivity index (χ3n) is 2.79. The highest BCUT2D eigenvalue weighted by Gasteiger charge is 2.12. The number of pyridine rings is 1. The van der Waals surface area contributed by atoms with Gasteiger partial charge in [0.05, 0.1) is 10.0 Å². The van der Waals surface area contributed by atoms with E-state index in [-0.39, 0.29) is 11.9 Å². The second-order valence-corrected chi connectivity index (χ2v) is 5.03. The van der Waals surface area contributed by atoms with E-state index < -0.39 is 0 Å². The average Bonchev–Trinajstić information content (AvgIpc) is 2.42. The molecule has 0 aliphatic rings. The van der Waals surface area contributed by atoms with Gasteiger partial charge in [-0.2, -0.15) is 0 Å². The minimum Gasteiger partial charge on any atom is -0.362 e. The molecule has 0 radical (unpaired) electrons. The van der Waals surface area contributed by atoms with Crippen LogP contribution < -0.4 is 16.6 Å². The van der Waals surface area contributed by atoms with Crippen molar-refractivity contribution in [2.45, 2.75) is 13.0 Å². The van der Waals surface area contributed by atoms with Crippen LogP contribution in [0.5, 0.6) is 0 Å². The average molecular weight is 315 g/mol. The summed E-state index contributed by atoms with van der Waals surface area (Å²) >= 11 is 12.0. The van der Waals surface area contributed by atoms with Gasteiger partial charge in [-0.15, -0.1) is 0 Å². The fourth-order valence-electron chi connectivity index (χ4n) is 1.71. The lowest BCUT2D eigenvalue weighted by atomic mass is 10.1. The third-order valence-corrected chi connectivity index (χ3v) is 3.37. The van der Waals surface area contributed by atoms with Gasteiger partial charge in [-0.05, 0) is 30.7 Å². The van der Waals surface area contributed by atoms with Crippen LogP contribution in [-0.2, 0) is 0 Å². The second kappa shape index (κ2) is 6.26. The lowest BCUT2D eigenvalue weighted by Gasteiger charge is -2.17. The Labute approximate surface area is 126 Å². The molecule has 106 valence electrons. The molecule has 0 saturated heterocycles. The van der Waals surface area contributed by atoms with E-state index in [9.17, 15) is 4.39 Å². The smallest absolute Gasteiger partial charge is 0.161 e. The molecule has 1 atom stereocenters. The summed E-state index contributed by atoms with van der Waals surface area (Å²) in [5, 5.41) is 3.84. The number of hydrogen-bond donors (Lipinski definition) is 3. The molecule has 0 amide bonds. The molecule has 0 saturated carbocycles. The first-order chi connectivity index (χ1) is 9.51. The van der Waals surface area contributed by atoms with E-state index in [1.165, 1.54) is 12.1 Å². The van der Waals surface area contributed by atoms with Gasteiger partial charge in [0.15, 0.2) is 5.82 Å². The molecule has 1 aromatic heterocycles. The molecular formula is C13H13Cl2FN4. The SMILES string of the molecule is CC(Nc1nc(NN)c(Cl)cc1Cl)c1ccc(F)cc1. The molecule has 2 aromatic rings. The van der Waals surface area contributed by atoms with E-state index >= 15 is 0 Å². The van der Waals surface area contributed by atoms with Gasteiger partial charge in [-0.3, -0.25) is 0 Å². The van der Waals surface area contributed by atoms with Crippen LogP contribution in [0.25, 0.3) is 0 Å². The molecule has 1 unspecified atom stereocenters. The summed E-state index contributed by atoms with van der Waals surface area (Å²) in [6, 6.07) is 7.63. The normalized spacial score (nSPS) is 12.1. The zero-order chi connectivity index (χ0) is 14.7. The van der Waals surface area contributed by atoms with Crippen LogP contribution in [0.4, 0.5) is 16.0 Å². The number of benzene rings is 1. The number of hydrogen-bond acceptors (Lipinski definition) is 4. The number of nitrogen functional groups attached to an aromatic ring is 1. The molecule has 0 aliphatic carbocycles. The molecule has 0 bridgehead atoms. The Bertz CT molecular complexity index is 604. The highest BCUT2D eigenvalue weighted by Crippen LogP contribution is 2.30. The summed E-state index contributed by atoms with van der Waals surface area (Å²) in [5.41, 5.74) is 3.30. The van der Waals surface area contributed by atoms with Gasteiger partial charge in [0.2, 0.25) is 0 Å². The first kappa shape index (κ1) is 14.8. The van der Waals surface area contributed by atoms with Crippen molar-refractivity contribution in [3.63, 3.8) is 0 Å². The molecular weight excluding hydrogens is 302 g/mol. The molecule has 1 aromatic carbocycles. The van der Waals surface area contributed by atoms with E-state index in [1.54, 1.807) is 18.2 Å². The Morgan fingerprint density at radius 2 is 1.75 bits per heavy atom. The van der Waals surface area contributed by atoms with E-state index in [4.69, 9.17) is 29.0 Å².